The largest absolute Gasteiger partial charge is 0.378 e. The lowest BCUT2D eigenvalue weighted by molar-refractivity contribution is 0.235. The molecule has 1 aromatic heterocycles. The molecule has 0 bridgehead atoms. The van der Waals surface area contributed by atoms with Crippen LogP contribution in [0.2, 0.25) is 0 Å². The quantitative estimate of drug-likeness (QED) is 0.922. The van der Waals surface area contributed by atoms with Gasteiger partial charge in [0.05, 0.1) is 22.8 Å². The van der Waals surface area contributed by atoms with Crippen LogP contribution in [0, 0.1) is 6.92 Å². The van der Waals surface area contributed by atoms with E-state index in [1.807, 2.05) is 13.0 Å². The molecule has 1 N–H and O–H groups in total. The van der Waals surface area contributed by atoms with Crippen molar-refractivity contribution < 1.29 is 17.2 Å². The Labute approximate surface area is 121 Å². The number of pyridine rings is 1. The monoisotopic (exact) mass is 312 g/mol. The number of anilines is 1. The van der Waals surface area contributed by atoms with Gasteiger partial charge in [-0.05, 0) is 30.7 Å². The number of sulfone groups is 1. The fourth-order valence-corrected chi connectivity index (χ4v) is 2.65. The summed E-state index contributed by atoms with van der Waals surface area (Å²) < 4.78 is 48.5. The van der Waals surface area contributed by atoms with Gasteiger partial charge in [0.1, 0.15) is 0 Å². The maximum Gasteiger partial charge on any atom is 0.341 e. The minimum absolute atomic E-state index is 0.139. The van der Waals surface area contributed by atoms with Crippen molar-refractivity contribution in [3.05, 3.63) is 53.9 Å². The number of nitrogens with zero attached hydrogens (tertiary/aromatic N) is 1. The minimum atomic E-state index is -4.63. The number of halogens is 2. The Bertz CT molecular complexity index is 716. The molecule has 0 atom stereocenters. The fourth-order valence-electron chi connectivity index (χ4n) is 1.75. The van der Waals surface area contributed by atoms with Gasteiger partial charge in [-0.1, -0.05) is 18.2 Å². The second-order valence-electron chi connectivity index (χ2n) is 4.48. The Morgan fingerprint density at radius 1 is 1.19 bits per heavy atom. The zero-order chi connectivity index (χ0) is 15.5. The van der Waals surface area contributed by atoms with Crippen LogP contribution in [-0.4, -0.2) is 19.2 Å². The number of aryl methyl sites for hydroxylation is 1. The summed E-state index contributed by atoms with van der Waals surface area (Å²) in [6.07, 6.45) is 1.68. The molecular formula is C14H14F2N2O2S. The van der Waals surface area contributed by atoms with Crippen LogP contribution in [0.15, 0.2) is 47.5 Å². The molecule has 1 heterocycles. The Morgan fingerprint density at radius 3 is 2.52 bits per heavy atom. The maximum atomic E-state index is 12.7. The van der Waals surface area contributed by atoms with Crippen molar-refractivity contribution in [3.8, 4) is 0 Å². The van der Waals surface area contributed by atoms with Crippen molar-refractivity contribution >= 4 is 15.5 Å². The SMILES string of the molecule is Cc1ccc(CNc2ccccc2S(=O)(=O)C(F)F)nc1. The van der Waals surface area contributed by atoms with E-state index in [4.69, 9.17) is 0 Å². The first-order valence-electron chi connectivity index (χ1n) is 6.18. The second-order valence-corrected chi connectivity index (χ2v) is 6.37. The van der Waals surface area contributed by atoms with Crippen LogP contribution in [-0.2, 0) is 16.4 Å². The summed E-state index contributed by atoms with van der Waals surface area (Å²) in [5.74, 6) is -3.45. The number of nitrogens with one attached hydrogen (secondary N) is 1. The molecule has 0 saturated carbocycles. The van der Waals surface area contributed by atoms with Crippen molar-refractivity contribution in [3.63, 3.8) is 0 Å². The molecule has 0 radical (unpaired) electrons. The van der Waals surface area contributed by atoms with Gasteiger partial charge in [-0.2, -0.15) is 8.78 Å². The average molecular weight is 312 g/mol. The summed E-state index contributed by atoms with van der Waals surface area (Å²) in [6, 6.07) is 9.24. The van der Waals surface area contributed by atoms with Crippen molar-refractivity contribution in [2.75, 3.05) is 5.32 Å². The van der Waals surface area contributed by atoms with Crippen LogP contribution >= 0.6 is 0 Å². The molecule has 0 aliphatic heterocycles. The first-order valence-corrected chi connectivity index (χ1v) is 7.72. The van der Waals surface area contributed by atoms with Crippen LogP contribution < -0.4 is 5.32 Å². The van der Waals surface area contributed by atoms with Gasteiger partial charge in [-0.15, -0.1) is 0 Å². The number of hydrogen-bond donors (Lipinski definition) is 1. The zero-order valence-electron chi connectivity index (χ0n) is 11.3. The predicted molar refractivity (Wildman–Crippen MR) is 75.9 cm³/mol. The second kappa shape index (κ2) is 6.17. The molecule has 0 amide bonds. The van der Waals surface area contributed by atoms with Crippen LogP contribution in [0.3, 0.4) is 0 Å². The van der Waals surface area contributed by atoms with Crippen LogP contribution in [0.4, 0.5) is 14.5 Å². The Kier molecular flexibility index (Phi) is 4.52. The summed E-state index contributed by atoms with van der Waals surface area (Å²) in [6.45, 7) is 2.14. The smallest absolute Gasteiger partial charge is 0.341 e. The third-order valence-corrected chi connectivity index (χ3v) is 4.30. The van der Waals surface area contributed by atoms with E-state index in [9.17, 15) is 17.2 Å². The number of hydrogen-bond acceptors (Lipinski definition) is 4. The molecule has 0 spiro atoms. The van der Waals surface area contributed by atoms with Gasteiger partial charge in [0.25, 0.3) is 0 Å². The molecule has 112 valence electrons. The number of aromatic nitrogens is 1. The van der Waals surface area contributed by atoms with E-state index in [1.165, 1.54) is 12.1 Å². The van der Waals surface area contributed by atoms with Gasteiger partial charge in [0.15, 0.2) is 0 Å². The molecule has 21 heavy (non-hydrogen) atoms. The normalized spacial score (nSPS) is 11.6. The van der Waals surface area contributed by atoms with Gasteiger partial charge in [-0.25, -0.2) is 8.42 Å². The molecule has 2 rings (SSSR count). The van der Waals surface area contributed by atoms with E-state index < -0.39 is 20.5 Å². The number of benzene rings is 1. The first-order chi connectivity index (χ1) is 9.91. The molecule has 7 heteroatoms. The third-order valence-electron chi connectivity index (χ3n) is 2.86. The highest BCUT2D eigenvalue weighted by molar-refractivity contribution is 7.91. The summed E-state index contributed by atoms with van der Waals surface area (Å²) in [5.41, 5.74) is 1.82. The van der Waals surface area contributed by atoms with E-state index in [0.29, 0.717) is 5.69 Å². The van der Waals surface area contributed by atoms with Gasteiger partial charge < -0.3 is 5.32 Å². The van der Waals surface area contributed by atoms with E-state index in [2.05, 4.69) is 10.3 Å². The van der Waals surface area contributed by atoms with Gasteiger partial charge >= 0.3 is 5.76 Å². The van der Waals surface area contributed by atoms with Crippen molar-refractivity contribution in [2.45, 2.75) is 24.1 Å². The summed E-state index contributed by atoms with van der Waals surface area (Å²) in [4.78, 5) is 3.75. The van der Waals surface area contributed by atoms with Crippen molar-refractivity contribution in [1.29, 1.82) is 0 Å². The zero-order valence-corrected chi connectivity index (χ0v) is 12.1. The van der Waals surface area contributed by atoms with Crippen LogP contribution in [0.1, 0.15) is 11.3 Å². The molecule has 0 saturated heterocycles. The summed E-state index contributed by atoms with van der Waals surface area (Å²) in [5, 5.41) is 2.83. The van der Waals surface area contributed by atoms with Crippen LogP contribution in [0.5, 0.6) is 0 Å². The lowest BCUT2D eigenvalue weighted by atomic mass is 10.2. The highest BCUT2D eigenvalue weighted by atomic mass is 32.2. The standard InChI is InChI=1S/C14H14F2N2O2S/c1-10-6-7-11(17-8-10)9-18-12-4-2-3-5-13(12)21(19,20)14(15)16/h2-8,14,18H,9H2,1H3. The van der Waals surface area contributed by atoms with E-state index >= 15 is 0 Å². The minimum Gasteiger partial charge on any atom is -0.378 e. The Balaban J connectivity index is 2.23. The first kappa shape index (κ1) is 15.4. The number of rotatable bonds is 5. The van der Waals surface area contributed by atoms with Crippen LogP contribution in [0.25, 0.3) is 0 Å². The average Bonchev–Trinajstić information content (AvgIpc) is 2.47. The molecule has 2 aromatic rings. The topological polar surface area (TPSA) is 59.1 Å². The predicted octanol–water partition coefficient (Wildman–Crippen LogP) is 3.00. The van der Waals surface area contributed by atoms with E-state index in [0.717, 1.165) is 11.6 Å². The highest BCUT2D eigenvalue weighted by Crippen LogP contribution is 2.26. The Morgan fingerprint density at radius 2 is 1.90 bits per heavy atom. The number of alkyl halides is 2. The summed E-state index contributed by atoms with van der Waals surface area (Å²) in [7, 11) is -4.63. The van der Waals surface area contributed by atoms with Gasteiger partial charge in [0, 0.05) is 6.20 Å². The van der Waals surface area contributed by atoms with Crippen molar-refractivity contribution in [1.82, 2.24) is 4.98 Å². The Hall–Kier alpha value is -2.02. The van der Waals surface area contributed by atoms with E-state index in [1.54, 1.807) is 18.3 Å². The maximum absolute atomic E-state index is 12.7. The fraction of sp³-hybridized carbons (Fsp3) is 0.214. The van der Waals surface area contributed by atoms with Gasteiger partial charge in [-0.3, -0.25) is 4.98 Å². The molecule has 0 aliphatic rings. The molecular weight excluding hydrogens is 298 g/mol. The number of para-hydroxylation sites is 1. The molecule has 0 fully saturated rings. The molecule has 0 unspecified atom stereocenters. The van der Waals surface area contributed by atoms with Gasteiger partial charge in [0.2, 0.25) is 9.84 Å². The lowest BCUT2D eigenvalue weighted by Gasteiger charge is -2.12. The van der Waals surface area contributed by atoms with E-state index in [-0.39, 0.29) is 12.2 Å². The summed E-state index contributed by atoms with van der Waals surface area (Å²) >= 11 is 0. The molecule has 4 nitrogen and oxygen atoms in total. The lowest BCUT2D eigenvalue weighted by Crippen LogP contribution is -2.14. The van der Waals surface area contributed by atoms with Crippen molar-refractivity contribution in [2.24, 2.45) is 0 Å². The highest BCUT2D eigenvalue weighted by Gasteiger charge is 2.28. The third kappa shape index (κ3) is 3.55. The molecule has 1 aromatic carbocycles. The molecule has 0 aliphatic carbocycles.